The largest absolute Gasteiger partial charge is 0.465 e. The number of alkyl carbamates (subject to hydrolysis) is 1. The highest BCUT2D eigenvalue weighted by Gasteiger charge is 2.19. The molecule has 8 nitrogen and oxygen atoms in total. The number of nitrogens with zero attached hydrogens (tertiary/aromatic N) is 2. The van der Waals surface area contributed by atoms with Gasteiger partial charge in [-0.25, -0.2) is 9.59 Å². The summed E-state index contributed by atoms with van der Waals surface area (Å²) in [4.78, 5) is 28.7. The van der Waals surface area contributed by atoms with Crippen LogP contribution in [0.1, 0.15) is 43.1 Å². The summed E-state index contributed by atoms with van der Waals surface area (Å²) < 4.78 is 10.1. The third-order valence-corrected chi connectivity index (χ3v) is 4.77. The standard InChI is InChI=1S/C23H34N4O4/c1-23(2,3)31-22(29)25-11-5-7-18-8-9-19(17-20(18)21(28)30-4)27-15-13-26(14-16-27)12-6-10-24/h8-9,17H,6,10-16,24H2,1-4H3,(H,25,29). The lowest BCUT2D eigenvalue weighted by atomic mass is 10.1. The van der Waals surface area contributed by atoms with Crippen LogP contribution in [0.25, 0.3) is 0 Å². The van der Waals surface area contributed by atoms with E-state index >= 15 is 0 Å². The number of nitrogens with one attached hydrogen (secondary N) is 1. The van der Waals surface area contributed by atoms with Crippen LogP contribution in [0.15, 0.2) is 18.2 Å². The normalized spacial score (nSPS) is 14.4. The third kappa shape index (κ3) is 8.12. The Morgan fingerprint density at radius 1 is 1.19 bits per heavy atom. The molecule has 1 aromatic carbocycles. The minimum absolute atomic E-state index is 0.113. The van der Waals surface area contributed by atoms with E-state index in [4.69, 9.17) is 15.2 Å². The molecule has 0 aliphatic carbocycles. The van der Waals surface area contributed by atoms with Crippen LogP contribution in [0.3, 0.4) is 0 Å². The van der Waals surface area contributed by atoms with Crippen molar-refractivity contribution in [1.29, 1.82) is 0 Å². The Hall–Kier alpha value is -2.76. The number of rotatable bonds is 6. The van der Waals surface area contributed by atoms with Crippen molar-refractivity contribution in [3.63, 3.8) is 0 Å². The van der Waals surface area contributed by atoms with E-state index in [0.717, 1.165) is 44.8 Å². The number of anilines is 1. The topological polar surface area (TPSA) is 97.1 Å². The van der Waals surface area contributed by atoms with Gasteiger partial charge in [-0.05, 0) is 58.5 Å². The molecule has 2 rings (SSSR count). The number of hydrogen-bond donors (Lipinski definition) is 2. The molecule has 0 spiro atoms. The monoisotopic (exact) mass is 430 g/mol. The van der Waals surface area contributed by atoms with Crippen molar-refractivity contribution in [2.75, 3.05) is 57.8 Å². The van der Waals surface area contributed by atoms with Crippen LogP contribution in [0, 0.1) is 11.8 Å². The summed E-state index contributed by atoms with van der Waals surface area (Å²) >= 11 is 0. The Balaban J connectivity index is 2.04. The van der Waals surface area contributed by atoms with Gasteiger partial charge >= 0.3 is 12.1 Å². The van der Waals surface area contributed by atoms with Crippen molar-refractivity contribution in [1.82, 2.24) is 10.2 Å². The zero-order chi connectivity index (χ0) is 22.9. The van der Waals surface area contributed by atoms with Crippen molar-refractivity contribution < 1.29 is 19.1 Å². The molecule has 31 heavy (non-hydrogen) atoms. The maximum atomic E-state index is 12.3. The summed E-state index contributed by atoms with van der Waals surface area (Å²) in [7, 11) is 1.35. The Kier molecular flexibility index (Phi) is 9.16. The van der Waals surface area contributed by atoms with Gasteiger partial charge in [-0.3, -0.25) is 4.90 Å². The van der Waals surface area contributed by atoms with Crippen LogP contribution in [-0.4, -0.2) is 75.5 Å². The second-order valence-corrected chi connectivity index (χ2v) is 8.35. The van der Waals surface area contributed by atoms with Crippen LogP contribution in [0.5, 0.6) is 0 Å². The summed E-state index contributed by atoms with van der Waals surface area (Å²) in [5.41, 5.74) is 6.97. The lowest BCUT2D eigenvalue weighted by Gasteiger charge is -2.36. The summed E-state index contributed by atoms with van der Waals surface area (Å²) in [5.74, 6) is 5.37. The van der Waals surface area contributed by atoms with Crippen LogP contribution in [0.4, 0.5) is 10.5 Å². The summed E-state index contributed by atoms with van der Waals surface area (Å²) in [5, 5.41) is 2.58. The van der Waals surface area contributed by atoms with E-state index in [0.29, 0.717) is 17.7 Å². The summed E-state index contributed by atoms with van der Waals surface area (Å²) in [6.45, 7) is 10.9. The number of hydrogen-bond acceptors (Lipinski definition) is 7. The van der Waals surface area contributed by atoms with Gasteiger partial charge in [0.2, 0.25) is 0 Å². The van der Waals surface area contributed by atoms with E-state index < -0.39 is 17.7 Å². The third-order valence-electron chi connectivity index (χ3n) is 4.77. The van der Waals surface area contributed by atoms with Gasteiger partial charge in [0, 0.05) is 37.4 Å². The van der Waals surface area contributed by atoms with Gasteiger partial charge in [-0.1, -0.05) is 11.8 Å². The Bertz CT molecular complexity index is 815. The second kappa shape index (κ2) is 11.6. The lowest BCUT2D eigenvalue weighted by Crippen LogP contribution is -2.46. The van der Waals surface area contributed by atoms with Gasteiger partial charge in [-0.15, -0.1) is 0 Å². The molecule has 0 unspecified atom stereocenters. The first-order chi connectivity index (χ1) is 14.7. The molecule has 1 aliphatic rings. The Morgan fingerprint density at radius 2 is 1.90 bits per heavy atom. The number of esters is 1. The number of ether oxygens (including phenoxy) is 2. The molecule has 1 heterocycles. The number of amides is 1. The van der Waals surface area contributed by atoms with Crippen LogP contribution < -0.4 is 16.0 Å². The highest BCUT2D eigenvalue weighted by molar-refractivity contribution is 5.93. The Morgan fingerprint density at radius 3 is 2.52 bits per heavy atom. The van der Waals surface area contributed by atoms with Crippen molar-refractivity contribution in [3.05, 3.63) is 29.3 Å². The highest BCUT2D eigenvalue weighted by Crippen LogP contribution is 2.22. The first-order valence-corrected chi connectivity index (χ1v) is 10.6. The summed E-state index contributed by atoms with van der Waals surface area (Å²) in [6, 6.07) is 5.61. The minimum atomic E-state index is -0.568. The molecule has 1 fully saturated rings. The molecular formula is C23H34N4O4. The first kappa shape index (κ1) is 24.5. The fourth-order valence-electron chi connectivity index (χ4n) is 3.23. The van der Waals surface area contributed by atoms with E-state index in [1.807, 2.05) is 18.2 Å². The number of carbonyl (C=O) groups excluding carboxylic acids is 2. The van der Waals surface area contributed by atoms with Gasteiger partial charge in [0.25, 0.3) is 0 Å². The van der Waals surface area contributed by atoms with Gasteiger partial charge in [0.05, 0.1) is 19.2 Å². The quantitative estimate of drug-likeness (QED) is 0.525. The molecular weight excluding hydrogens is 396 g/mol. The molecule has 1 aromatic rings. The fraction of sp³-hybridized carbons (Fsp3) is 0.565. The smallest absolute Gasteiger partial charge is 0.408 e. The summed E-state index contributed by atoms with van der Waals surface area (Å²) in [6.07, 6.45) is 0.471. The van der Waals surface area contributed by atoms with Crippen LogP contribution in [-0.2, 0) is 9.47 Å². The predicted octanol–water partition coefficient (Wildman–Crippen LogP) is 1.82. The molecule has 0 atom stereocenters. The van der Waals surface area contributed by atoms with Crippen molar-refractivity contribution in [2.45, 2.75) is 32.8 Å². The molecule has 0 saturated carbocycles. The molecule has 1 saturated heterocycles. The Labute approximate surface area is 185 Å². The van der Waals surface area contributed by atoms with Gasteiger partial charge < -0.3 is 25.4 Å². The van der Waals surface area contributed by atoms with Crippen LogP contribution >= 0.6 is 0 Å². The average molecular weight is 431 g/mol. The average Bonchev–Trinajstić information content (AvgIpc) is 2.74. The van der Waals surface area contributed by atoms with Gasteiger partial charge in [0.15, 0.2) is 0 Å². The van der Waals surface area contributed by atoms with E-state index in [1.54, 1.807) is 20.8 Å². The molecule has 1 amide bonds. The highest BCUT2D eigenvalue weighted by atomic mass is 16.6. The zero-order valence-corrected chi connectivity index (χ0v) is 19.0. The van der Waals surface area contributed by atoms with E-state index in [1.165, 1.54) is 7.11 Å². The van der Waals surface area contributed by atoms with E-state index in [9.17, 15) is 9.59 Å². The second-order valence-electron chi connectivity index (χ2n) is 8.35. The van der Waals surface area contributed by atoms with Crippen molar-refractivity contribution in [3.8, 4) is 11.8 Å². The minimum Gasteiger partial charge on any atom is -0.465 e. The zero-order valence-electron chi connectivity index (χ0n) is 19.0. The molecule has 170 valence electrons. The maximum absolute atomic E-state index is 12.3. The number of piperazine rings is 1. The number of carbonyl (C=O) groups is 2. The van der Waals surface area contributed by atoms with Crippen molar-refractivity contribution >= 4 is 17.7 Å². The molecule has 0 radical (unpaired) electrons. The number of nitrogens with two attached hydrogens (primary N) is 1. The fourth-order valence-corrected chi connectivity index (χ4v) is 3.23. The SMILES string of the molecule is COC(=O)c1cc(N2CCN(CCCN)CC2)ccc1C#CCNC(=O)OC(C)(C)C. The molecule has 8 heteroatoms. The van der Waals surface area contributed by atoms with E-state index in [-0.39, 0.29) is 6.54 Å². The van der Waals surface area contributed by atoms with Crippen LogP contribution in [0.2, 0.25) is 0 Å². The molecule has 0 bridgehead atoms. The molecule has 3 N–H and O–H groups in total. The predicted molar refractivity (Wildman–Crippen MR) is 121 cm³/mol. The first-order valence-electron chi connectivity index (χ1n) is 10.6. The lowest BCUT2D eigenvalue weighted by molar-refractivity contribution is 0.0533. The number of benzene rings is 1. The van der Waals surface area contributed by atoms with Crippen molar-refractivity contribution in [2.24, 2.45) is 5.73 Å². The van der Waals surface area contributed by atoms with Gasteiger partial charge in [0.1, 0.15) is 5.60 Å². The molecule has 0 aromatic heterocycles. The maximum Gasteiger partial charge on any atom is 0.408 e. The van der Waals surface area contributed by atoms with E-state index in [2.05, 4.69) is 27.0 Å². The molecule has 1 aliphatic heterocycles. The number of methoxy groups -OCH3 is 1. The van der Waals surface area contributed by atoms with Gasteiger partial charge in [-0.2, -0.15) is 0 Å².